The number of nitrogens with zero attached hydrogens (tertiary/aromatic N) is 1. The van der Waals surface area contributed by atoms with E-state index in [4.69, 9.17) is 14.2 Å². The van der Waals surface area contributed by atoms with Crippen LogP contribution >= 0.6 is 0 Å². The summed E-state index contributed by atoms with van der Waals surface area (Å²) in [5.74, 6) is -3.17. The second-order valence-corrected chi connectivity index (χ2v) is 18.9. The van der Waals surface area contributed by atoms with E-state index in [1.165, 1.54) is 4.90 Å². The molecule has 4 atom stereocenters. The van der Waals surface area contributed by atoms with Crippen LogP contribution in [0.4, 0.5) is 4.79 Å². The summed E-state index contributed by atoms with van der Waals surface area (Å²) in [7, 11) is 0. The number of alkyl carbamates (subject to hydrolysis) is 1. The van der Waals surface area contributed by atoms with Crippen LogP contribution in [-0.4, -0.2) is 83.6 Å². The van der Waals surface area contributed by atoms with Gasteiger partial charge in [-0.1, -0.05) is 124 Å². The van der Waals surface area contributed by atoms with E-state index in [1.54, 1.807) is 20.8 Å². The number of esters is 2. The number of ether oxygens (including phenoxy) is 3. The van der Waals surface area contributed by atoms with Crippen molar-refractivity contribution in [3.8, 4) is 11.1 Å². The van der Waals surface area contributed by atoms with E-state index in [2.05, 4.69) is 16.0 Å². The first-order valence-corrected chi connectivity index (χ1v) is 22.4. The molecule has 13 heteroatoms. The van der Waals surface area contributed by atoms with Crippen molar-refractivity contribution in [2.75, 3.05) is 13.2 Å². The summed E-state index contributed by atoms with van der Waals surface area (Å²) in [5, 5.41) is 8.45. The van der Waals surface area contributed by atoms with Crippen LogP contribution in [-0.2, 0) is 51.2 Å². The Morgan fingerprint density at radius 1 is 0.708 bits per heavy atom. The Hall–Kier alpha value is -6.50. The number of hydrogen-bond acceptors (Lipinski definition) is 9. The van der Waals surface area contributed by atoms with E-state index in [1.807, 2.05) is 131 Å². The lowest BCUT2D eigenvalue weighted by Crippen LogP contribution is -2.61. The molecule has 65 heavy (non-hydrogen) atoms. The predicted molar refractivity (Wildman–Crippen MR) is 246 cm³/mol. The molecule has 344 valence electrons. The number of likely N-dealkylation sites (tertiary alicyclic amines) is 1. The zero-order valence-electron chi connectivity index (χ0n) is 38.5. The van der Waals surface area contributed by atoms with Crippen molar-refractivity contribution in [1.29, 1.82) is 0 Å². The maximum Gasteiger partial charge on any atom is 0.407 e. The van der Waals surface area contributed by atoms with Gasteiger partial charge in [-0.15, -0.1) is 0 Å². The topological polar surface area (TPSA) is 169 Å². The third-order valence-electron chi connectivity index (χ3n) is 11.8. The van der Waals surface area contributed by atoms with Gasteiger partial charge in [0, 0.05) is 25.3 Å². The van der Waals surface area contributed by atoms with Crippen LogP contribution in [0.3, 0.4) is 0 Å². The predicted octanol–water partition coefficient (Wildman–Crippen LogP) is 7.32. The number of amides is 4. The van der Waals surface area contributed by atoms with Crippen molar-refractivity contribution in [3.63, 3.8) is 0 Å². The van der Waals surface area contributed by atoms with E-state index < -0.39 is 70.9 Å². The molecule has 4 aromatic carbocycles. The quantitative estimate of drug-likeness (QED) is 0.0772. The van der Waals surface area contributed by atoms with Crippen molar-refractivity contribution in [1.82, 2.24) is 20.9 Å². The van der Waals surface area contributed by atoms with E-state index in [-0.39, 0.29) is 38.4 Å². The van der Waals surface area contributed by atoms with Gasteiger partial charge in [-0.05, 0) is 91.3 Å². The van der Waals surface area contributed by atoms with Crippen molar-refractivity contribution in [3.05, 3.63) is 131 Å². The van der Waals surface area contributed by atoms with E-state index >= 15 is 0 Å². The lowest BCUT2D eigenvalue weighted by atomic mass is 9.85. The third kappa shape index (κ3) is 12.6. The van der Waals surface area contributed by atoms with E-state index in [9.17, 15) is 28.8 Å². The molecule has 0 aromatic heterocycles. The molecule has 0 radical (unpaired) electrons. The molecule has 1 aliphatic carbocycles. The van der Waals surface area contributed by atoms with Gasteiger partial charge in [-0.3, -0.25) is 19.2 Å². The number of nitrogens with one attached hydrogen (secondary N) is 3. The van der Waals surface area contributed by atoms with Gasteiger partial charge in [-0.2, -0.15) is 0 Å². The second-order valence-electron chi connectivity index (χ2n) is 18.9. The van der Waals surface area contributed by atoms with Crippen molar-refractivity contribution in [2.45, 2.75) is 123 Å². The zero-order valence-corrected chi connectivity index (χ0v) is 38.5. The Bertz CT molecular complexity index is 2310. The molecule has 0 unspecified atom stereocenters. The molecule has 4 aromatic rings. The maximum atomic E-state index is 14.6. The van der Waals surface area contributed by atoms with E-state index in [0.717, 1.165) is 38.9 Å². The summed E-state index contributed by atoms with van der Waals surface area (Å²) in [4.78, 5) is 84.9. The highest BCUT2D eigenvalue weighted by molar-refractivity contribution is 5.95. The molecule has 0 bridgehead atoms. The van der Waals surface area contributed by atoms with E-state index in [0.29, 0.717) is 19.4 Å². The number of carbonyl (C=O) groups is 6. The van der Waals surface area contributed by atoms with Crippen molar-refractivity contribution in [2.24, 2.45) is 5.41 Å². The van der Waals surface area contributed by atoms with Gasteiger partial charge in [0.15, 0.2) is 0 Å². The number of hydrogen-bond donors (Lipinski definition) is 3. The van der Waals surface area contributed by atoms with Gasteiger partial charge in [0.25, 0.3) is 0 Å². The molecule has 1 saturated heterocycles. The molecule has 0 saturated carbocycles. The van der Waals surface area contributed by atoms with Crippen LogP contribution in [0, 0.1) is 12.3 Å². The van der Waals surface area contributed by atoms with Crippen LogP contribution in [0.25, 0.3) is 11.1 Å². The highest BCUT2D eigenvalue weighted by Gasteiger charge is 2.43. The molecule has 1 aliphatic heterocycles. The van der Waals surface area contributed by atoms with Gasteiger partial charge in [0.2, 0.25) is 17.7 Å². The molecular formula is C52H62N4O9. The Balaban J connectivity index is 1.20. The van der Waals surface area contributed by atoms with Crippen molar-refractivity contribution < 1.29 is 43.0 Å². The number of fused-ring (bicyclic) bond motifs is 3. The number of benzene rings is 4. The molecule has 6 rings (SSSR count). The minimum absolute atomic E-state index is 0.0105. The number of rotatable bonds is 16. The van der Waals surface area contributed by atoms with Gasteiger partial charge >= 0.3 is 18.0 Å². The van der Waals surface area contributed by atoms with Gasteiger partial charge in [0.05, 0.1) is 0 Å². The molecule has 1 fully saturated rings. The summed E-state index contributed by atoms with van der Waals surface area (Å²) in [5.41, 5.74) is 4.98. The molecular weight excluding hydrogens is 825 g/mol. The summed E-state index contributed by atoms with van der Waals surface area (Å²) in [6.07, 6.45) is -0.233. The van der Waals surface area contributed by atoms with Crippen molar-refractivity contribution >= 4 is 35.8 Å². The third-order valence-corrected chi connectivity index (χ3v) is 11.8. The van der Waals surface area contributed by atoms with Gasteiger partial charge < -0.3 is 35.1 Å². The van der Waals surface area contributed by atoms with Crippen LogP contribution in [0.2, 0.25) is 0 Å². The fourth-order valence-corrected chi connectivity index (χ4v) is 8.40. The first-order chi connectivity index (χ1) is 30.9. The largest absolute Gasteiger partial charge is 0.460 e. The number of carbonyl (C=O) groups excluding carboxylic acids is 6. The van der Waals surface area contributed by atoms with Crippen LogP contribution in [0.5, 0.6) is 0 Å². The Labute approximate surface area is 382 Å². The normalized spacial score (nSPS) is 16.0. The Kier molecular flexibility index (Phi) is 15.5. The van der Waals surface area contributed by atoms with Crippen LogP contribution < -0.4 is 16.0 Å². The monoisotopic (exact) mass is 886 g/mol. The average molecular weight is 887 g/mol. The SMILES string of the molecule is Cc1ccccc1C[C@H](NC(=O)[C@H](CCC(=O)OC(C)(C)C)NC(=O)OCC1c2ccccc2-c2ccccc21)C(=O)N[C@H](C(=O)N1CCC[C@H]1C(=O)OCc1ccccc1)C(C)(C)C. The fourth-order valence-electron chi connectivity index (χ4n) is 8.40. The van der Waals surface area contributed by atoms with Crippen LogP contribution in [0.15, 0.2) is 103 Å². The summed E-state index contributed by atoms with van der Waals surface area (Å²) < 4.78 is 17.0. The van der Waals surface area contributed by atoms with Crippen LogP contribution in [0.1, 0.15) is 101 Å². The Morgan fingerprint density at radius 2 is 1.31 bits per heavy atom. The first kappa shape index (κ1) is 48.0. The summed E-state index contributed by atoms with van der Waals surface area (Å²) in [6.45, 7) is 12.9. The standard InChI is InChI=1S/C52H62N4O9/c1-33-18-11-12-21-35(33)30-42(47(59)55-45(51(2,3)4)48(60)56-29-17-26-43(56)49(61)63-31-34-19-9-8-10-20-34)53-46(58)41(27-28-44(57)65-52(5,6)7)54-50(62)64-32-40-38-24-15-13-22-36(38)37-23-14-16-25-39(37)40/h8-16,18-25,40-43,45H,17,26-32H2,1-7H3,(H,53,58)(H,54,62)(H,55,59)/t41-,42-,43-,45+/m0/s1. The minimum Gasteiger partial charge on any atom is -0.460 e. The van der Waals surface area contributed by atoms with Gasteiger partial charge in [0.1, 0.15) is 43.0 Å². The molecule has 3 N–H and O–H groups in total. The molecule has 4 amide bonds. The molecule has 0 spiro atoms. The summed E-state index contributed by atoms with van der Waals surface area (Å²) >= 11 is 0. The zero-order chi connectivity index (χ0) is 46.9. The maximum absolute atomic E-state index is 14.6. The van der Waals surface area contributed by atoms with Gasteiger partial charge in [-0.25, -0.2) is 9.59 Å². The highest BCUT2D eigenvalue weighted by atomic mass is 16.6. The molecule has 2 aliphatic rings. The lowest BCUT2D eigenvalue weighted by molar-refractivity contribution is -0.156. The minimum atomic E-state index is -1.32. The smallest absolute Gasteiger partial charge is 0.407 e. The molecule has 13 nitrogen and oxygen atoms in total. The lowest BCUT2D eigenvalue weighted by Gasteiger charge is -2.36. The Morgan fingerprint density at radius 3 is 1.94 bits per heavy atom. The molecule has 1 heterocycles. The first-order valence-electron chi connectivity index (χ1n) is 22.4. The summed E-state index contributed by atoms with van der Waals surface area (Å²) in [6, 6.07) is 28.1. The highest BCUT2D eigenvalue weighted by Crippen LogP contribution is 2.44. The number of aryl methyl sites for hydroxylation is 1. The second kappa shape index (κ2) is 21.0. The fraction of sp³-hybridized carbons (Fsp3) is 0.423. The average Bonchev–Trinajstić information content (AvgIpc) is 3.88.